The monoisotopic (exact) mass is 635 g/mol. The molecule has 2 aromatic heterocycles. The summed E-state index contributed by atoms with van der Waals surface area (Å²) in [5.41, 5.74) is 11.2. The summed E-state index contributed by atoms with van der Waals surface area (Å²) in [5, 5.41) is 24.8. The second kappa shape index (κ2) is 11.4. The van der Waals surface area contributed by atoms with Crippen molar-refractivity contribution in [2.75, 3.05) is 0 Å². The number of nitrogens with zero attached hydrogens (tertiary/aromatic N) is 5. The van der Waals surface area contributed by atoms with Gasteiger partial charge >= 0.3 is 0 Å². The largest absolute Gasteiger partial charge is 0.310 e. The zero-order valence-corrected chi connectivity index (χ0v) is 26.7. The molecule has 0 amide bonds. The van der Waals surface area contributed by atoms with Crippen LogP contribution in [0.4, 0.5) is 5.69 Å². The van der Waals surface area contributed by atoms with E-state index in [1.54, 1.807) is 0 Å². The van der Waals surface area contributed by atoms with Gasteiger partial charge in [0.2, 0.25) is 0 Å². The number of fused-ring (bicyclic) bond motifs is 6. The summed E-state index contributed by atoms with van der Waals surface area (Å²) in [5.74, 6) is 0. The zero-order valence-electron chi connectivity index (χ0n) is 26.7. The van der Waals surface area contributed by atoms with Gasteiger partial charge in [0.25, 0.3) is 0 Å². The molecule has 0 saturated carbocycles. The number of hydrogen-bond donors (Lipinski definition) is 0. The van der Waals surface area contributed by atoms with Crippen LogP contribution in [0.1, 0.15) is 11.1 Å². The molecule has 0 aliphatic rings. The fourth-order valence-electron chi connectivity index (χ4n) is 7.51. The average molecular weight is 636 g/mol. The van der Waals surface area contributed by atoms with Gasteiger partial charge in [-0.3, -0.25) is 0 Å². The van der Waals surface area contributed by atoms with Crippen molar-refractivity contribution in [3.8, 4) is 45.8 Å². The van der Waals surface area contributed by atoms with Crippen LogP contribution in [0, 0.1) is 29.2 Å². The second-order valence-electron chi connectivity index (χ2n) is 12.2. The van der Waals surface area contributed by atoms with Gasteiger partial charge in [0, 0.05) is 38.2 Å². The molecule has 0 aliphatic heterocycles. The first-order valence-corrected chi connectivity index (χ1v) is 16.3. The van der Waals surface area contributed by atoms with Gasteiger partial charge in [-0.15, -0.1) is 0 Å². The summed E-state index contributed by atoms with van der Waals surface area (Å²) >= 11 is 0. The zero-order chi connectivity index (χ0) is 33.8. The predicted octanol–water partition coefficient (Wildman–Crippen LogP) is 11.5. The molecule has 0 saturated heterocycles. The van der Waals surface area contributed by atoms with Crippen molar-refractivity contribution in [3.05, 3.63) is 174 Å². The van der Waals surface area contributed by atoms with Crippen molar-refractivity contribution in [2.24, 2.45) is 0 Å². The molecule has 0 atom stereocenters. The minimum absolute atomic E-state index is 0.558. The predicted molar refractivity (Wildman–Crippen MR) is 202 cm³/mol. The molecular formula is C45H25N5. The van der Waals surface area contributed by atoms with E-state index in [-0.39, 0.29) is 0 Å². The Morgan fingerprint density at radius 3 is 1.72 bits per heavy atom. The van der Waals surface area contributed by atoms with Gasteiger partial charge in [-0.25, -0.2) is 4.85 Å². The van der Waals surface area contributed by atoms with E-state index in [0.717, 1.165) is 77.2 Å². The summed E-state index contributed by atoms with van der Waals surface area (Å²) < 4.78 is 4.39. The number of rotatable bonds is 4. The molecule has 0 spiro atoms. The standard InChI is InChI=1S/C45H25N5/c1-48-30-22-23-37-35-14-5-8-18-41(35)50(45(37)26-30)40-17-7-4-13-34(40)32-12-3-2-11-31(32)33-16-10-20-43(39(33)28-47)49-42-19-9-6-15-36(42)38-25-29(27-46)21-24-44(38)49/h2-26H. The summed E-state index contributed by atoms with van der Waals surface area (Å²) in [4.78, 5) is 3.74. The van der Waals surface area contributed by atoms with Crippen LogP contribution < -0.4 is 0 Å². The Morgan fingerprint density at radius 1 is 0.440 bits per heavy atom. The average Bonchev–Trinajstić information content (AvgIpc) is 3.69. The quantitative estimate of drug-likeness (QED) is 0.181. The molecule has 50 heavy (non-hydrogen) atoms. The van der Waals surface area contributed by atoms with Crippen molar-refractivity contribution in [1.82, 2.24) is 9.13 Å². The van der Waals surface area contributed by atoms with E-state index in [0.29, 0.717) is 16.8 Å². The first-order chi connectivity index (χ1) is 24.7. The molecule has 9 aromatic rings. The minimum Gasteiger partial charge on any atom is -0.310 e. The van der Waals surface area contributed by atoms with Crippen molar-refractivity contribution >= 4 is 49.3 Å². The SMILES string of the molecule is [C-]#[N+]c1ccc2c3ccccc3n(-c3ccccc3-c3ccccc3-c3cccc(-n4c5ccccc5c5cc(C#N)ccc54)c3C#N)c2c1. The van der Waals surface area contributed by atoms with E-state index in [1.165, 1.54) is 0 Å². The fourth-order valence-corrected chi connectivity index (χ4v) is 7.51. The third-order valence-corrected chi connectivity index (χ3v) is 9.64. The molecule has 0 N–H and O–H groups in total. The van der Waals surface area contributed by atoms with Crippen LogP contribution in [-0.2, 0) is 0 Å². The number of para-hydroxylation sites is 3. The van der Waals surface area contributed by atoms with Crippen LogP contribution in [0.5, 0.6) is 0 Å². The Morgan fingerprint density at radius 2 is 1.00 bits per heavy atom. The maximum absolute atomic E-state index is 10.9. The molecule has 9 rings (SSSR count). The number of hydrogen-bond acceptors (Lipinski definition) is 2. The normalized spacial score (nSPS) is 11.1. The Hall–Kier alpha value is -7.39. The van der Waals surface area contributed by atoms with Gasteiger partial charge in [-0.05, 0) is 59.7 Å². The van der Waals surface area contributed by atoms with Gasteiger partial charge in [0.15, 0.2) is 5.69 Å². The molecule has 5 heteroatoms. The minimum atomic E-state index is 0.558. The van der Waals surface area contributed by atoms with Crippen LogP contribution in [-0.4, -0.2) is 9.13 Å². The fraction of sp³-hybridized carbons (Fsp3) is 0. The van der Waals surface area contributed by atoms with Crippen LogP contribution in [0.3, 0.4) is 0 Å². The summed E-state index contributed by atoms with van der Waals surface area (Å²) in [7, 11) is 0. The van der Waals surface area contributed by atoms with Crippen molar-refractivity contribution < 1.29 is 0 Å². The van der Waals surface area contributed by atoms with Crippen LogP contribution >= 0.6 is 0 Å². The Balaban J connectivity index is 1.30. The number of aromatic nitrogens is 2. The highest BCUT2D eigenvalue weighted by molar-refractivity contribution is 6.11. The molecule has 230 valence electrons. The first kappa shape index (κ1) is 28.8. The van der Waals surface area contributed by atoms with Gasteiger partial charge in [-0.2, -0.15) is 10.5 Å². The molecule has 0 unspecified atom stereocenters. The van der Waals surface area contributed by atoms with Crippen molar-refractivity contribution in [2.45, 2.75) is 0 Å². The van der Waals surface area contributed by atoms with Crippen LogP contribution in [0.2, 0.25) is 0 Å². The molecule has 0 bridgehead atoms. The number of benzene rings is 7. The highest BCUT2D eigenvalue weighted by Gasteiger charge is 2.21. The molecule has 2 heterocycles. The summed E-state index contributed by atoms with van der Waals surface area (Å²) in [6, 6.07) is 55.5. The number of nitriles is 2. The first-order valence-electron chi connectivity index (χ1n) is 16.3. The van der Waals surface area contributed by atoms with Gasteiger partial charge in [-0.1, -0.05) is 103 Å². The van der Waals surface area contributed by atoms with Crippen molar-refractivity contribution in [1.29, 1.82) is 10.5 Å². The third kappa shape index (κ3) is 4.24. The lowest BCUT2D eigenvalue weighted by molar-refractivity contribution is 1.17. The van der Waals surface area contributed by atoms with E-state index >= 15 is 0 Å². The Kier molecular flexibility index (Phi) is 6.56. The Labute approximate surface area is 288 Å². The molecule has 5 nitrogen and oxygen atoms in total. The van der Waals surface area contributed by atoms with E-state index in [9.17, 15) is 10.5 Å². The van der Waals surface area contributed by atoms with Crippen molar-refractivity contribution in [3.63, 3.8) is 0 Å². The maximum Gasteiger partial charge on any atom is 0.189 e. The molecular weight excluding hydrogens is 611 g/mol. The van der Waals surface area contributed by atoms with Gasteiger partial charge in [0.05, 0.1) is 51.7 Å². The van der Waals surface area contributed by atoms with E-state index in [2.05, 4.69) is 74.6 Å². The van der Waals surface area contributed by atoms with E-state index < -0.39 is 0 Å². The van der Waals surface area contributed by atoms with E-state index in [4.69, 9.17) is 6.57 Å². The highest BCUT2D eigenvalue weighted by Crippen LogP contribution is 2.42. The lowest BCUT2D eigenvalue weighted by atomic mass is 9.90. The van der Waals surface area contributed by atoms with E-state index in [1.807, 2.05) is 103 Å². The molecule has 7 aromatic carbocycles. The molecule has 0 radical (unpaired) electrons. The lowest BCUT2D eigenvalue weighted by Gasteiger charge is -2.19. The van der Waals surface area contributed by atoms with Gasteiger partial charge in [0.1, 0.15) is 6.07 Å². The van der Waals surface area contributed by atoms with Crippen LogP contribution in [0.15, 0.2) is 152 Å². The van der Waals surface area contributed by atoms with Crippen LogP contribution in [0.25, 0.3) is 82.1 Å². The highest BCUT2D eigenvalue weighted by atomic mass is 15.0. The third-order valence-electron chi connectivity index (χ3n) is 9.64. The summed E-state index contributed by atoms with van der Waals surface area (Å²) in [6.07, 6.45) is 0. The topological polar surface area (TPSA) is 61.8 Å². The smallest absolute Gasteiger partial charge is 0.189 e. The Bertz CT molecular complexity index is 2970. The lowest BCUT2D eigenvalue weighted by Crippen LogP contribution is -2.01. The summed E-state index contributed by atoms with van der Waals surface area (Å²) in [6.45, 7) is 7.72. The molecule has 0 aliphatic carbocycles. The van der Waals surface area contributed by atoms with Gasteiger partial charge < -0.3 is 9.13 Å². The maximum atomic E-state index is 10.9. The molecule has 0 fully saturated rings. The second-order valence-corrected chi connectivity index (χ2v) is 12.2.